The first kappa shape index (κ1) is 41.8. The summed E-state index contributed by atoms with van der Waals surface area (Å²) in [5.41, 5.74) is -6.97. The van der Waals surface area contributed by atoms with E-state index < -0.39 is 80.5 Å². The number of benzene rings is 2. The first-order valence-electron chi connectivity index (χ1n) is 17.7. The molecule has 1 aromatic heterocycles. The third kappa shape index (κ3) is 9.01. The van der Waals surface area contributed by atoms with Crippen LogP contribution in [-0.4, -0.2) is 90.6 Å². The van der Waals surface area contributed by atoms with E-state index in [2.05, 4.69) is 17.2 Å². The van der Waals surface area contributed by atoms with Gasteiger partial charge in [-0.2, -0.15) is 21.6 Å². The fourth-order valence-electron chi connectivity index (χ4n) is 6.45. The van der Waals surface area contributed by atoms with Crippen LogP contribution in [0.15, 0.2) is 67.3 Å². The van der Waals surface area contributed by atoms with Crippen LogP contribution in [0.2, 0.25) is 0 Å². The molecule has 0 spiro atoms. The second-order valence-corrected chi connectivity index (χ2v) is 16.7. The summed E-state index contributed by atoms with van der Waals surface area (Å²) in [5.74, 6) is -3.86. The van der Waals surface area contributed by atoms with Gasteiger partial charge in [0, 0.05) is 35.4 Å². The molecule has 2 aliphatic rings. The molecular weight excluding hydrogens is 760 g/mol. The number of alkyl carbamates (subject to hydrolysis) is 1. The smallest absolute Gasteiger partial charge is 0.497 e. The van der Waals surface area contributed by atoms with Gasteiger partial charge in [0.25, 0.3) is 5.91 Å². The maximum absolute atomic E-state index is 14.4. The Kier molecular flexibility index (Phi) is 11.7. The van der Waals surface area contributed by atoms with Gasteiger partial charge in [-0.05, 0) is 45.2 Å². The fourth-order valence-corrected chi connectivity index (χ4v) is 6.99. The number of carbonyl (C=O) groups is 4. The lowest BCUT2D eigenvalue weighted by molar-refractivity contribution is -0.142. The number of sulfonamides is 1. The van der Waals surface area contributed by atoms with Gasteiger partial charge in [-0.3, -0.25) is 14.4 Å². The summed E-state index contributed by atoms with van der Waals surface area (Å²) in [6.45, 7) is 11.6. The van der Waals surface area contributed by atoms with Crippen LogP contribution in [0.4, 0.5) is 18.0 Å². The number of hydrogen-bond donors (Lipinski definition) is 3. The van der Waals surface area contributed by atoms with Crippen molar-refractivity contribution in [3.05, 3.63) is 67.3 Å². The highest BCUT2D eigenvalue weighted by Gasteiger charge is 2.63. The summed E-state index contributed by atoms with van der Waals surface area (Å²) in [5, 5.41) is 5.58. The maximum atomic E-state index is 14.4. The number of pyridine rings is 1. The molecule has 5 atom stereocenters. The van der Waals surface area contributed by atoms with Gasteiger partial charge >= 0.3 is 21.6 Å². The van der Waals surface area contributed by atoms with E-state index in [9.17, 15) is 40.8 Å². The van der Waals surface area contributed by atoms with Gasteiger partial charge in [0.1, 0.15) is 40.8 Å². The number of fused-ring (bicyclic) bond motifs is 1. The van der Waals surface area contributed by atoms with Crippen molar-refractivity contribution < 1.29 is 55.0 Å². The normalized spacial score (nSPS) is 21.5. The Morgan fingerprint density at radius 1 is 1.05 bits per heavy atom. The molecule has 0 unspecified atom stereocenters. The van der Waals surface area contributed by atoms with Crippen molar-refractivity contribution in [2.24, 2.45) is 11.8 Å². The average Bonchev–Trinajstić information content (AvgIpc) is 3.67. The van der Waals surface area contributed by atoms with E-state index in [1.807, 2.05) is 30.3 Å². The van der Waals surface area contributed by atoms with Gasteiger partial charge < -0.3 is 29.7 Å². The molecule has 4 amide bonds. The molecule has 56 heavy (non-hydrogen) atoms. The molecule has 0 bridgehead atoms. The molecule has 18 heteroatoms. The highest BCUT2D eigenvalue weighted by atomic mass is 32.2. The molecule has 0 radical (unpaired) electrons. The van der Waals surface area contributed by atoms with E-state index in [0.29, 0.717) is 28.1 Å². The average molecular weight is 804 g/mol. The van der Waals surface area contributed by atoms with Gasteiger partial charge in [-0.1, -0.05) is 50.3 Å². The van der Waals surface area contributed by atoms with Crippen LogP contribution in [0.3, 0.4) is 0 Å². The third-order valence-electron chi connectivity index (χ3n) is 9.38. The lowest BCUT2D eigenvalue weighted by Gasteiger charge is -2.31. The predicted molar refractivity (Wildman–Crippen MR) is 199 cm³/mol. The number of amides is 4. The monoisotopic (exact) mass is 803 g/mol. The first-order valence-corrected chi connectivity index (χ1v) is 19.2. The second kappa shape index (κ2) is 15.6. The Hall–Kier alpha value is -5.39. The zero-order chi connectivity index (χ0) is 41.4. The summed E-state index contributed by atoms with van der Waals surface area (Å²) in [6.07, 6.45) is -1.00. The number of halogens is 3. The van der Waals surface area contributed by atoms with E-state index in [1.54, 1.807) is 58.9 Å². The molecule has 14 nitrogen and oxygen atoms in total. The molecule has 1 saturated carbocycles. The SMILES string of the molecule is C=C[C@@H]1C[C@]1(NC(=O)[C@@H]1C[C@@H](Oc2cc(-c3ccccc3)nc3cc(OC)ccc23)CN1C(=O)[C@@H](NC(=O)OC(C)(C)C)C(C)C)C(=O)NS(=O)(=O)C(F)(F)F. The van der Waals surface area contributed by atoms with Crippen LogP contribution in [0.25, 0.3) is 22.2 Å². The van der Waals surface area contributed by atoms with Gasteiger partial charge in [0.05, 0.1) is 24.9 Å². The number of alkyl halides is 3. The minimum Gasteiger partial charge on any atom is -0.497 e. The van der Waals surface area contributed by atoms with Crippen LogP contribution in [0.5, 0.6) is 11.5 Å². The summed E-state index contributed by atoms with van der Waals surface area (Å²) in [7, 11) is -4.61. The van der Waals surface area contributed by atoms with Crippen molar-refractivity contribution in [1.82, 2.24) is 25.2 Å². The molecular formula is C38H44F3N5O9S. The first-order chi connectivity index (χ1) is 26.1. The molecule has 1 aliphatic carbocycles. The molecule has 5 rings (SSSR count). The number of likely N-dealkylation sites (tertiary alicyclic amines) is 1. The van der Waals surface area contributed by atoms with Crippen LogP contribution in [-0.2, 0) is 29.1 Å². The lowest BCUT2D eigenvalue weighted by Crippen LogP contribution is -2.59. The Bertz CT molecular complexity index is 2130. The van der Waals surface area contributed by atoms with Crippen molar-refractivity contribution in [2.75, 3.05) is 13.7 Å². The minimum atomic E-state index is -6.12. The van der Waals surface area contributed by atoms with E-state index in [1.165, 1.54) is 13.2 Å². The topological polar surface area (TPSA) is 182 Å². The van der Waals surface area contributed by atoms with Gasteiger partial charge in [0.15, 0.2) is 0 Å². The molecule has 302 valence electrons. The van der Waals surface area contributed by atoms with E-state index in [-0.39, 0.29) is 19.4 Å². The zero-order valence-corrected chi connectivity index (χ0v) is 32.4. The molecule has 1 aliphatic heterocycles. The second-order valence-electron chi connectivity index (χ2n) is 15.0. The summed E-state index contributed by atoms with van der Waals surface area (Å²) in [6, 6.07) is 13.5. The van der Waals surface area contributed by atoms with Crippen molar-refractivity contribution >= 4 is 44.7 Å². The number of nitrogens with zero attached hydrogens (tertiary/aromatic N) is 2. The number of hydrogen-bond acceptors (Lipinski definition) is 10. The Labute approximate surface area is 322 Å². The number of nitrogens with one attached hydrogen (secondary N) is 3. The van der Waals surface area contributed by atoms with Crippen LogP contribution in [0, 0.1) is 11.8 Å². The highest BCUT2D eigenvalue weighted by molar-refractivity contribution is 7.90. The minimum absolute atomic E-state index is 0.174. The molecule has 2 aromatic carbocycles. The number of ether oxygens (including phenoxy) is 3. The fraction of sp³-hybridized carbons (Fsp3) is 0.447. The van der Waals surface area contributed by atoms with E-state index in [0.717, 1.165) is 15.2 Å². The van der Waals surface area contributed by atoms with E-state index >= 15 is 0 Å². The molecule has 3 aromatic rings. The molecule has 1 saturated heterocycles. The predicted octanol–water partition coefficient (Wildman–Crippen LogP) is 4.83. The number of aromatic nitrogens is 1. The van der Waals surface area contributed by atoms with Crippen LogP contribution < -0.4 is 24.8 Å². The molecule has 2 fully saturated rings. The van der Waals surface area contributed by atoms with Gasteiger partial charge in [-0.15, -0.1) is 6.58 Å². The summed E-state index contributed by atoms with van der Waals surface area (Å²) >= 11 is 0. The van der Waals surface area contributed by atoms with Crippen LogP contribution in [0.1, 0.15) is 47.5 Å². The largest absolute Gasteiger partial charge is 0.516 e. The maximum Gasteiger partial charge on any atom is 0.516 e. The molecule has 3 N–H and O–H groups in total. The summed E-state index contributed by atoms with van der Waals surface area (Å²) < 4.78 is 81.7. The quantitative estimate of drug-likeness (QED) is 0.215. The third-order valence-corrected chi connectivity index (χ3v) is 10.4. The summed E-state index contributed by atoms with van der Waals surface area (Å²) in [4.78, 5) is 60.5. The van der Waals surface area contributed by atoms with Crippen molar-refractivity contribution in [1.29, 1.82) is 0 Å². The van der Waals surface area contributed by atoms with Crippen LogP contribution >= 0.6 is 0 Å². The van der Waals surface area contributed by atoms with Gasteiger partial charge in [0.2, 0.25) is 11.8 Å². The Morgan fingerprint density at radius 2 is 1.73 bits per heavy atom. The lowest BCUT2D eigenvalue weighted by atomic mass is 10.0. The molecule has 2 heterocycles. The van der Waals surface area contributed by atoms with Crippen molar-refractivity contribution in [3.8, 4) is 22.8 Å². The number of carbonyl (C=O) groups excluding carboxylic acids is 4. The van der Waals surface area contributed by atoms with Gasteiger partial charge in [-0.25, -0.2) is 14.5 Å². The highest BCUT2D eigenvalue weighted by Crippen LogP contribution is 2.45. The standard InChI is InChI=1S/C38H44F3N5O9S/c1-8-23-19-37(23,34(49)45-56(51,52)38(39,40)41)44-32(47)29-17-25(20-46(29)33(48)31(21(2)3)43-35(50)55-36(4,5)6)54-30-18-27(22-12-10-9-11-13-22)42-28-16-24(53-7)14-15-26(28)30/h8-16,18,21,23,25,29,31H,1,17,19-20H2,2-7H3,(H,43,50)(H,44,47)(H,45,49)/t23-,25-,29+,31+,37-/m1/s1. The van der Waals surface area contributed by atoms with E-state index in [4.69, 9.17) is 19.2 Å². The van der Waals surface area contributed by atoms with Crippen molar-refractivity contribution in [3.63, 3.8) is 0 Å². The Morgan fingerprint density at radius 3 is 2.30 bits per heavy atom. The number of methoxy groups -OCH3 is 1. The Balaban J connectivity index is 1.51. The zero-order valence-electron chi connectivity index (χ0n) is 31.6. The number of rotatable bonds is 12. The van der Waals surface area contributed by atoms with Crippen molar-refractivity contribution in [2.45, 2.75) is 82.3 Å².